The maximum absolute atomic E-state index is 16.0. The van der Waals surface area contributed by atoms with Gasteiger partial charge in [0.05, 0.1) is 16.7 Å². The van der Waals surface area contributed by atoms with E-state index in [2.05, 4.69) is 20.9 Å². The van der Waals surface area contributed by atoms with Crippen LogP contribution < -0.4 is 10.6 Å². The lowest BCUT2D eigenvalue weighted by Gasteiger charge is -2.42. The van der Waals surface area contributed by atoms with E-state index in [1.165, 1.54) is 0 Å². The van der Waals surface area contributed by atoms with E-state index >= 15 is 4.39 Å². The average molecular weight is 447 g/mol. The van der Waals surface area contributed by atoms with Gasteiger partial charge in [0.1, 0.15) is 11.3 Å². The molecule has 32 heavy (non-hydrogen) atoms. The SMILES string of the molecule is CN(C)C1CN(c2nc(N)c3cc(Cl)c(-c4cc(C#N)cc5ccccc45)c(F)c3n2)C1. The zero-order chi connectivity index (χ0) is 22.6. The molecule has 0 amide bonds. The van der Waals surface area contributed by atoms with Crippen molar-refractivity contribution in [3.8, 4) is 17.2 Å². The van der Waals surface area contributed by atoms with Crippen LogP contribution in [0.5, 0.6) is 0 Å². The van der Waals surface area contributed by atoms with Crippen LogP contribution in [0.4, 0.5) is 16.2 Å². The summed E-state index contributed by atoms with van der Waals surface area (Å²) in [4.78, 5) is 13.0. The Hall–Kier alpha value is -3.47. The molecule has 6 nitrogen and oxygen atoms in total. The van der Waals surface area contributed by atoms with Crippen LogP contribution in [0.15, 0.2) is 42.5 Å². The van der Waals surface area contributed by atoms with Crippen molar-refractivity contribution in [3.05, 3.63) is 58.9 Å². The molecule has 160 valence electrons. The molecule has 0 bridgehead atoms. The maximum atomic E-state index is 16.0. The normalized spacial score (nSPS) is 14.2. The van der Waals surface area contributed by atoms with Gasteiger partial charge in [-0.1, -0.05) is 35.9 Å². The van der Waals surface area contributed by atoms with Crippen molar-refractivity contribution in [2.24, 2.45) is 0 Å². The Morgan fingerprint density at radius 1 is 1.16 bits per heavy atom. The molecule has 0 atom stereocenters. The highest BCUT2D eigenvalue weighted by Crippen LogP contribution is 2.40. The van der Waals surface area contributed by atoms with Crippen LogP contribution in [0.25, 0.3) is 32.8 Å². The summed E-state index contributed by atoms with van der Waals surface area (Å²) in [5.74, 6) is 0.00460. The van der Waals surface area contributed by atoms with E-state index in [4.69, 9.17) is 17.3 Å². The van der Waals surface area contributed by atoms with Crippen molar-refractivity contribution >= 4 is 45.0 Å². The Bertz CT molecular complexity index is 1420. The summed E-state index contributed by atoms with van der Waals surface area (Å²) in [7, 11) is 4.04. The number of likely N-dealkylation sites (N-methyl/N-ethyl adjacent to an activating group) is 1. The standard InChI is InChI=1S/C24H20ClFN6/c1-31(2)15-11-32(12-15)24-29-22-18(23(28)30-24)9-19(25)20(21(22)26)17-8-13(10-27)7-14-5-3-4-6-16(14)17/h3-9,15H,11-12H2,1-2H3,(H2,28,29,30). The largest absolute Gasteiger partial charge is 0.383 e. The first kappa shape index (κ1) is 20.4. The summed E-state index contributed by atoms with van der Waals surface area (Å²) in [6.07, 6.45) is 0. The molecular weight excluding hydrogens is 427 g/mol. The monoisotopic (exact) mass is 446 g/mol. The third kappa shape index (κ3) is 3.20. The minimum atomic E-state index is -0.576. The highest BCUT2D eigenvalue weighted by atomic mass is 35.5. The molecule has 5 rings (SSSR count). The first-order valence-corrected chi connectivity index (χ1v) is 10.5. The first-order valence-electron chi connectivity index (χ1n) is 10.2. The number of nitrogens with zero attached hydrogens (tertiary/aromatic N) is 5. The van der Waals surface area contributed by atoms with Crippen molar-refractivity contribution in [2.45, 2.75) is 6.04 Å². The molecule has 0 saturated carbocycles. The number of hydrogen-bond acceptors (Lipinski definition) is 6. The van der Waals surface area contributed by atoms with Crippen molar-refractivity contribution in [1.82, 2.24) is 14.9 Å². The molecular formula is C24H20ClFN6. The van der Waals surface area contributed by atoms with E-state index in [0.717, 1.165) is 23.9 Å². The fourth-order valence-electron chi connectivity index (χ4n) is 4.12. The summed E-state index contributed by atoms with van der Waals surface area (Å²) < 4.78 is 16.0. The first-order chi connectivity index (χ1) is 15.4. The number of nitrogens with two attached hydrogens (primary N) is 1. The molecule has 0 unspecified atom stereocenters. The van der Waals surface area contributed by atoms with E-state index < -0.39 is 5.82 Å². The van der Waals surface area contributed by atoms with Gasteiger partial charge < -0.3 is 15.5 Å². The highest BCUT2D eigenvalue weighted by Gasteiger charge is 2.31. The molecule has 1 aliphatic heterocycles. The molecule has 0 spiro atoms. The molecule has 0 radical (unpaired) electrons. The number of nitrogen functional groups attached to an aromatic ring is 1. The molecule has 0 aliphatic carbocycles. The van der Waals surface area contributed by atoms with Gasteiger partial charge in [-0.25, -0.2) is 9.37 Å². The van der Waals surface area contributed by atoms with E-state index in [1.54, 1.807) is 18.2 Å². The molecule has 2 heterocycles. The number of benzene rings is 3. The third-order valence-electron chi connectivity index (χ3n) is 6.04. The second kappa shape index (κ2) is 7.59. The summed E-state index contributed by atoms with van der Waals surface area (Å²) in [6.45, 7) is 1.49. The quantitative estimate of drug-likeness (QED) is 0.500. The molecule has 2 N–H and O–H groups in total. The molecule has 3 aromatic carbocycles. The van der Waals surface area contributed by atoms with E-state index in [1.807, 2.05) is 43.3 Å². The molecule has 4 aromatic rings. The molecule has 8 heteroatoms. The van der Waals surface area contributed by atoms with Gasteiger partial charge in [0, 0.05) is 30.1 Å². The second-order valence-corrected chi connectivity index (χ2v) is 8.64. The Kier molecular flexibility index (Phi) is 4.85. The predicted molar refractivity (Wildman–Crippen MR) is 126 cm³/mol. The van der Waals surface area contributed by atoms with E-state index in [9.17, 15) is 5.26 Å². The molecule has 1 aromatic heterocycles. The number of aromatic nitrogens is 2. The van der Waals surface area contributed by atoms with Crippen molar-refractivity contribution in [3.63, 3.8) is 0 Å². The lowest BCUT2D eigenvalue weighted by atomic mass is 9.94. The summed E-state index contributed by atoms with van der Waals surface area (Å²) >= 11 is 6.56. The summed E-state index contributed by atoms with van der Waals surface area (Å²) in [5.41, 5.74) is 7.46. The fourth-order valence-corrected chi connectivity index (χ4v) is 4.42. The van der Waals surface area contributed by atoms with Crippen LogP contribution in [-0.4, -0.2) is 48.1 Å². The second-order valence-electron chi connectivity index (χ2n) is 8.23. The summed E-state index contributed by atoms with van der Waals surface area (Å²) in [5, 5.41) is 11.7. The zero-order valence-corrected chi connectivity index (χ0v) is 18.4. The van der Waals surface area contributed by atoms with Crippen LogP contribution in [0.1, 0.15) is 5.56 Å². The molecule has 1 saturated heterocycles. The van der Waals surface area contributed by atoms with Gasteiger partial charge in [0.2, 0.25) is 5.95 Å². The maximum Gasteiger partial charge on any atom is 0.228 e. The number of halogens is 2. The number of anilines is 2. The van der Waals surface area contributed by atoms with Gasteiger partial charge in [0.25, 0.3) is 0 Å². The predicted octanol–water partition coefficient (Wildman–Crippen LogP) is 4.45. The van der Waals surface area contributed by atoms with Crippen LogP contribution in [0, 0.1) is 17.1 Å². The number of nitriles is 1. The smallest absolute Gasteiger partial charge is 0.228 e. The Balaban J connectivity index is 1.72. The van der Waals surface area contributed by atoms with Gasteiger partial charge in [-0.15, -0.1) is 0 Å². The lowest BCUT2D eigenvalue weighted by Crippen LogP contribution is -2.58. The number of hydrogen-bond donors (Lipinski definition) is 1. The number of rotatable bonds is 3. The van der Waals surface area contributed by atoms with Crippen LogP contribution in [0.2, 0.25) is 5.02 Å². The Labute approximate surface area is 189 Å². The van der Waals surface area contributed by atoms with Gasteiger partial charge in [-0.2, -0.15) is 10.2 Å². The van der Waals surface area contributed by atoms with Gasteiger partial charge in [-0.3, -0.25) is 0 Å². The molecule has 1 fully saturated rings. The Morgan fingerprint density at radius 3 is 2.62 bits per heavy atom. The fraction of sp³-hybridized carbons (Fsp3) is 0.208. The zero-order valence-electron chi connectivity index (χ0n) is 17.6. The van der Waals surface area contributed by atoms with Crippen molar-refractivity contribution in [1.29, 1.82) is 5.26 Å². The Morgan fingerprint density at radius 2 is 1.91 bits per heavy atom. The lowest BCUT2D eigenvalue weighted by molar-refractivity contribution is 0.245. The van der Waals surface area contributed by atoms with E-state index in [0.29, 0.717) is 28.5 Å². The van der Waals surface area contributed by atoms with Crippen molar-refractivity contribution < 1.29 is 4.39 Å². The van der Waals surface area contributed by atoms with Gasteiger partial charge in [0.15, 0.2) is 5.82 Å². The number of fused-ring (bicyclic) bond motifs is 2. The third-order valence-corrected chi connectivity index (χ3v) is 6.33. The highest BCUT2D eigenvalue weighted by molar-refractivity contribution is 6.35. The minimum absolute atomic E-state index is 0.117. The van der Waals surface area contributed by atoms with E-state index in [-0.39, 0.29) is 21.9 Å². The van der Waals surface area contributed by atoms with Crippen LogP contribution >= 0.6 is 11.6 Å². The topological polar surface area (TPSA) is 82.1 Å². The summed E-state index contributed by atoms with van der Waals surface area (Å²) in [6, 6.07) is 15.1. The van der Waals surface area contributed by atoms with Crippen LogP contribution in [-0.2, 0) is 0 Å². The average Bonchev–Trinajstić information content (AvgIpc) is 2.73. The van der Waals surface area contributed by atoms with Gasteiger partial charge >= 0.3 is 0 Å². The van der Waals surface area contributed by atoms with Gasteiger partial charge in [-0.05, 0) is 48.6 Å². The minimum Gasteiger partial charge on any atom is -0.383 e. The van der Waals surface area contributed by atoms with Crippen molar-refractivity contribution in [2.75, 3.05) is 37.8 Å². The van der Waals surface area contributed by atoms with Crippen LogP contribution in [0.3, 0.4) is 0 Å². The molecule has 1 aliphatic rings.